The molecule has 2 aliphatic rings. The highest BCUT2D eigenvalue weighted by Crippen LogP contribution is 2.32. The molecule has 0 unspecified atom stereocenters. The average Bonchev–Trinajstić information content (AvgIpc) is 2.47. The van der Waals surface area contributed by atoms with Crippen LogP contribution in [0.4, 0.5) is 5.69 Å². The second-order valence-electron chi connectivity index (χ2n) is 5.63. The number of fused-ring (bicyclic) bond motifs is 1. The summed E-state index contributed by atoms with van der Waals surface area (Å²) in [4.78, 5) is 27.6. The predicted octanol–water partition coefficient (Wildman–Crippen LogP) is 1.98. The average molecular weight is 272 g/mol. The fraction of sp³-hybridized carbons (Fsp3) is 0.500. The molecule has 0 bridgehead atoms. The van der Waals surface area contributed by atoms with E-state index in [0.29, 0.717) is 6.42 Å². The number of rotatable bonds is 1. The van der Waals surface area contributed by atoms with Crippen LogP contribution in [0.3, 0.4) is 0 Å². The van der Waals surface area contributed by atoms with Gasteiger partial charge < -0.3 is 9.80 Å². The van der Waals surface area contributed by atoms with Crippen LogP contribution in [-0.2, 0) is 16.0 Å². The molecule has 4 heteroatoms. The van der Waals surface area contributed by atoms with Gasteiger partial charge in [-0.2, -0.15) is 0 Å². The Morgan fingerprint density at radius 3 is 2.55 bits per heavy atom. The van der Waals surface area contributed by atoms with Gasteiger partial charge in [0, 0.05) is 38.2 Å². The van der Waals surface area contributed by atoms with Crippen LogP contribution in [0.5, 0.6) is 0 Å². The van der Waals surface area contributed by atoms with Crippen LogP contribution in [0.1, 0.15) is 31.7 Å². The number of nitrogens with zero attached hydrogens (tertiary/aromatic N) is 2. The van der Waals surface area contributed by atoms with E-state index in [4.69, 9.17) is 0 Å². The first-order chi connectivity index (χ1) is 9.66. The first kappa shape index (κ1) is 13.2. The summed E-state index contributed by atoms with van der Waals surface area (Å²) in [6.45, 7) is 3.12. The monoisotopic (exact) mass is 272 g/mol. The summed E-state index contributed by atoms with van der Waals surface area (Å²) in [6, 6.07) is 8.42. The highest BCUT2D eigenvalue weighted by Gasteiger charge is 2.32. The normalized spacial score (nSPS) is 19.9. The topological polar surface area (TPSA) is 40.6 Å². The number of carbonyl (C=O) groups is 2. The van der Waals surface area contributed by atoms with Crippen LogP contribution < -0.4 is 4.90 Å². The van der Waals surface area contributed by atoms with Crippen LogP contribution >= 0.6 is 0 Å². The fourth-order valence-electron chi connectivity index (χ4n) is 3.29. The van der Waals surface area contributed by atoms with Gasteiger partial charge in [-0.05, 0) is 30.9 Å². The minimum absolute atomic E-state index is 0.133. The number of benzene rings is 1. The minimum atomic E-state index is 0.133. The molecule has 1 saturated heterocycles. The Morgan fingerprint density at radius 1 is 1.15 bits per heavy atom. The molecule has 1 aromatic rings. The van der Waals surface area contributed by atoms with Crippen molar-refractivity contribution in [1.29, 1.82) is 0 Å². The summed E-state index contributed by atoms with van der Waals surface area (Å²) >= 11 is 0. The van der Waals surface area contributed by atoms with E-state index in [-0.39, 0.29) is 17.9 Å². The zero-order valence-electron chi connectivity index (χ0n) is 11.8. The molecule has 106 valence electrons. The molecule has 20 heavy (non-hydrogen) atoms. The van der Waals surface area contributed by atoms with Crippen molar-refractivity contribution >= 4 is 17.5 Å². The molecular weight excluding hydrogens is 252 g/mol. The van der Waals surface area contributed by atoms with Gasteiger partial charge in [-0.25, -0.2) is 0 Å². The lowest BCUT2D eigenvalue weighted by atomic mass is 9.95. The maximum atomic E-state index is 12.3. The van der Waals surface area contributed by atoms with Crippen molar-refractivity contribution in [3.63, 3.8) is 0 Å². The Kier molecular flexibility index (Phi) is 3.47. The molecule has 2 aliphatic heterocycles. The lowest BCUT2D eigenvalue weighted by Crippen LogP contribution is -2.50. The number of hydrogen-bond donors (Lipinski definition) is 0. The number of hydrogen-bond acceptors (Lipinski definition) is 2. The third-order valence-electron chi connectivity index (χ3n) is 4.40. The number of para-hydroxylation sites is 1. The lowest BCUT2D eigenvalue weighted by Gasteiger charge is -2.40. The molecule has 0 aromatic heterocycles. The number of carbonyl (C=O) groups excluding carboxylic acids is 2. The largest absolute Gasteiger partial charge is 0.343 e. The maximum Gasteiger partial charge on any atom is 0.227 e. The molecule has 0 aliphatic carbocycles. The van der Waals surface area contributed by atoms with Gasteiger partial charge in [0.2, 0.25) is 11.8 Å². The molecule has 0 radical (unpaired) electrons. The number of amides is 2. The summed E-state index contributed by atoms with van der Waals surface area (Å²) < 4.78 is 0. The number of aryl methyl sites for hydroxylation is 1. The molecular formula is C16H20N2O2. The first-order valence-electron chi connectivity index (χ1n) is 7.32. The number of piperidine rings is 1. The Labute approximate surface area is 119 Å². The van der Waals surface area contributed by atoms with E-state index < -0.39 is 0 Å². The van der Waals surface area contributed by atoms with Crippen molar-refractivity contribution < 1.29 is 9.59 Å². The molecule has 3 rings (SSSR count). The Morgan fingerprint density at radius 2 is 1.85 bits per heavy atom. The van der Waals surface area contributed by atoms with Gasteiger partial charge in [0.1, 0.15) is 0 Å². The summed E-state index contributed by atoms with van der Waals surface area (Å²) in [5, 5.41) is 0. The van der Waals surface area contributed by atoms with E-state index >= 15 is 0 Å². The van der Waals surface area contributed by atoms with Gasteiger partial charge >= 0.3 is 0 Å². The van der Waals surface area contributed by atoms with Gasteiger partial charge in [0.15, 0.2) is 0 Å². The fourth-order valence-corrected chi connectivity index (χ4v) is 3.29. The third kappa shape index (κ3) is 2.30. The molecule has 0 spiro atoms. The quantitative estimate of drug-likeness (QED) is 0.784. The molecule has 4 nitrogen and oxygen atoms in total. The van der Waals surface area contributed by atoms with E-state index in [1.165, 1.54) is 5.56 Å². The highest BCUT2D eigenvalue weighted by molar-refractivity contribution is 5.97. The maximum absolute atomic E-state index is 12.3. The van der Waals surface area contributed by atoms with Crippen molar-refractivity contribution in [3.05, 3.63) is 29.8 Å². The van der Waals surface area contributed by atoms with Gasteiger partial charge in [0.05, 0.1) is 0 Å². The molecule has 0 saturated carbocycles. The van der Waals surface area contributed by atoms with Crippen molar-refractivity contribution in [1.82, 2.24) is 4.90 Å². The SMILES string of the molecule is CC(=O)N1CCC(N2C(=O)CCc3ccccc32)CC1. The second-order valence-corrected chi connectivity index (χ2v) is 5.63. The minimum Gasteiger partial charge on any atom is -0.343 e. The summed E-state index contributed by atoms with van der Waals surface area (Å²) in [6.07, 6.45) is 3.20. The van der Waals surface area contributed by atoms with Crippen LogP contribution in [0, 0.1) is 0 Å². The van der Waals surface area contributed by atoms with E-state index in [2.05, 4.69) is 6.07 Å². The molecule has 0 atom stereocenters. The van der Waals surface area contributed by atoms with Crippen LogP contribution in [0.25, 0.3) is 0 Å². The summed E-state index contributed by atoms with van der Waals surface area (Å²) in [7, 11) is 0. The van der Waals surface area contributed by atoms with Gasteiger partial charge in [-0.1, -0.05) is 18.2 Å². The smallest absolute Gasteiger partial charge is 0.227 e. The Balaban J connectivity index is 1.80. The molecule has 0 N–H and O–H groups in total. The Hall–Kier alpha value is -1.84. The first-order valence-corrected chi connectivity index (χ1v) is 7.32. The van der Waals surface area contributed by atoms with Crippen molar-refractivity contribution in [2.45, 2.75) is 38.6 Å². The molecule has 1 aromatic carbocycles. The van der Waals surface area contributed by atoms with E-state index in [0.717, 1.165) is 38.0 Å². The van der Waals surface area contributed by atoms with E-state index in [9.17, 15) is 9.59 Å². The zero-order chi connectivity index (χ0) is 14.1. The molecule has 2 heterocycles. The van der Waals surface area contributed by atoms with Crippen LogP contribution in [0.2, 0.25) is 0 Å². The van der Waals surface area contributed by atoms with E-state index in [1.54, 1.807) is 6.92 Å². The van der Waals surface area contributed by atoms with Gasteiger partial charge in [0.25, 0.3) is 0 Å². The van der Waals surface area contributed by atoms with Crippen LogP contribution in [0.15, 0.2) is 24.3 Å². The van der Waals surface area contributed by atoms with Gasteiger partial charge in [-0.15, -0.1) is 0 Å². The number of likely N-dealkylation sites (tertiary alicyclic amines) is 1. The molecule has 2 amide bonds. The second kappa shape index (κ2) is 5.27. The van der Waals surface area contributed by atoms with E-state index in [1.807, 2.05) is 28.0 Å². The van der Waals surface area contributed by atoms with Crippen LogP contribution in [-0.4, -0.2) is 35.8 Å². The lowest BCUT2D eigenvalue weighted by molar-refractivity contribution is -0.129. The third-order valence-corrected chi connectivity index (χ3v) is 4.40. The standard InChI is InChI=1S/C16H20N2O2/c1-12(19)17-10-8-14(9-11-17)18-15-5-3-2-4-13(15)6-7-16(18)20/h2-5,14H,6-11H2,1H3. The van der Waals surface area contributed by atoms with Crippen molar-refractivity contribution in [3.8, 4) is 0 Å². The number of anilines is 1. The zero-order valence-corrected chi connectivity index (χ0v) is 11.8. The molecule has 1 fully saturated rings. The predicted molar refractivity (Wildman–Crippen MR) is 77.5 cm³/mol. The highest BCUT2D eigenvalue weighted by atomic mass is 16.2. The van der Waals surface area contributed by atoms with Crippen molar-refractivity contribution in [2.24, 2.45) is 0 Å². The van der Waals surface area contributed by atoms with Crippen molar-refractivity contribution in [2.75, 3.05) is 18.0 Å². The van der Waals surface area contributed by atoms with Gasteiger partial charge in [-0.3, -0.25) is 9.59 Å². The summed E-state index contributed by atoms with van der Waals surface area (Å²) in [5.41, 5.74) is 2.34. The Bertz CT molecular complexity index is 533. The summed E-state index contributed by atoms with van der Waals surface area (Å²) in [5.74, 6) is 0.360.